The Morgan fingerprint density at radius 1 is 1.09 bits per heavy atom. The van der Waals surface area contributed by atoms with Crippen LogP contribution < -0.4 is 15.5 Å². The van der Waals surface area contributed by atoms with Gasteiger partial charge in [-0.3, -0.25) is 15.0 Å². The summed E-state index contributed by atoms with van der Waals surface area (Å²) in [7, 11) is 2.22. The van der Waals surface area contributed by atoms with Crippen LogP contribution in [0, 0.1) is 6.92 Å². The highest BCUT2D eigenvalue weighted by Crippen LogP contribution is 2.33. The van der Waals surface area contributed by atoms with Gasteiger partial charge in [0, 0.05) is 24.3 Å². The lowest BCUT2D eigenvalue weighted by atomic mass is 10.1. The quantitative estimate of drug-likeness (QED) is 0.246. The second-order valence-electron chi connectivity index (χ2n) is 8.20. The number of pyridine rings is 1. The van der Waals surface area contributed by atoms with E-state index in [-0.39, 0.29) is 32.7 Å². The summed E-state index contributed by atoms with van der Waals surface area (Å²) in [6.45, 7) is 1.44. The topological polar surface area (TPSA) is 137 Å². The van der Waals surface area contributed by atoms with Crippen molar-refractivity contribution in [1.82, 2.24) is 25.2 Å². The Morgan fingerprint density at radius 2 is 1.77 bits per heavy atom. The number of nitrogens with one attached hydrogen (secondary N) is 2. The van der Waals surface area contributed by atoms with E-state index in [1.807, 2.05) is 0 Å². The third-order valence-corrected chi connectivity index (χ3v) is 5.62. The molecule has 0 fully saturated rings. The summed E-state index contributed by atoms with van der Waals surface area (Å²) in [5.74, 6) is -3.69. The molecule has 3 aromatic rings. The molecule has 1 aromatic carbocycles. The number of hydrogen-bond donors (Lipinski definition) is 2. The van der Waals surface area contributed by atoms with Crippen LogP contribution in [-0.2, 0) is 9.47 Å². The van der Waals surface area contributed by atoms with Gasteiger partial charge in [0.15, 0.2) is 5.82 Å². The molecule has 0 aliphatic heterocycles. The average molecular weight is 659 g/mol. The van der Waals surface area contributed by atoms with Crippen LogP contribution in [0.25, 0.3) is 5.82 Å². The van der Waals surface area contributed by atoms with E-state index in [9.17, 15) is 40.7 Å². The fourth-order valence-electron chi connectivity index (χ4n) is 3.30. The van der Waals surface area contributed by atoms with Crippen LogP contribution >= 0.6 is 23.2 Å². The Kier molecular flexibility index (Phi) is 9.98. The Morgan fingerprint density at radius 3 is 2.37 bits per heavy atom. The summed E-state index contributed by atoms with van der Waals surface area (Å²) in [4.78, 5) is 41.9. The maximum Gasteiger partial charge on any atom is 0.525 e. The number of benzene rings is 1. The van der Waals surface area contributed by atoms with Crippen molar-refractivity contribution in [1.29, 1.82) is 0 Å². The molecule has 0 bridgehead atoms. The summed E-state index contributed by atoms with van der Waals surface area (Å²) in [6.07, 6.45) is -15.1. The van der Waals surface area contributed by atoms with Crippen LogP contribution in [0.15, 0.2) is 36.5 Å². The fourth-order valence-corrected chi connectivity index (χ4v) is 3.77. The molecular formula is C23H18Cl2F6N6O6. The monoisotopic (exact) mass is 658 g/mol. The molecule has 1 unspecified atom stereocenters. The number of carbonyl (C=O) groups excluding carboxylic acids is 3. The van der Waals surface area contributed by atoms with Crippen molar-refractivity contribution >= 4 is 46.8 Å². The molecule has 1 atom stereocenters. The number of halogens is 8. The second kappa shape index (κ2) is 12.9. The number of aryl methyl sites for hydroxylation is 1. The first-order valence-corrected chi connectivity index (χ1v) is 12.1. The van der Waals surface area contributed by atoms with Crippen molar-refractivity contribution in [3.63, 3.8) is 0 Å². The molecule has 12 nitrogen and oxygen atoms in total. The fraction of sp³-hybridized carbons (Fsp3) is 0.261. The molecule has 0 aliphatic carbocycles. The van der Waals surface area contributed by atoms with E-state index in [0.717, 1.165) is 20.2 Å². The zero-order chi connectivity index (χ0) is 32.3. The van der Waals surface area contributed by atoms with Crippen LogP contribution in [0.1, 0.15) is 26.4 Å². The van der Waals surface area contributed by atoms with E-state index in [1.54, 1.807) is 0 Å². The predicted molar refractivity (Wildman–Crippen MR) is 136 cm³/mol. The minimum Gasteiger partial charge on any atom is -0.452 e. The van der Waals surface area contributed by atoms with Crippen LogP contribution in [-0.4, -0.2) is 70.7 Å². The van der Waals surface area contributed by atoms with Gasteiger partial charge in [-0.1, -0.05) is 23.2 Å². The molecule has 232 valence electrons. The van der Waals surface area contributed by atoms with Gasteiger partial charge in [0.1, 0.15) is 5.69 Å². The molecule has 2 aromatic heterocycles. The summed E-state index contributed by atoms with van der Waals surface area (Å²) < 4.78 is 90.5. The summed E-state index contributed by atoms with van der Waals surface area (Å²) in [5.41, 5.74) is 1.28. The molecule has 43 heavy (non-hydrogen) atoms. The number of nitrogens with zero attached hydrogens (tertiary/aromatic N) is 4. The standard InChI is InChI=1S/C23H18Cl2F6N6O6/c1-10-7-11(24)8-12(18(38)35-36(2)21(40)41-3)16(10)33-19(39)14-9-15(34-37(14)17-13(25)5-4-6-32-17)42-22(27,28)20(26)43-23(29,30)31/h4-9,20H,1-3H3,(H,33,39)(H,35,38). The number of alkyl halides is 6. The van der Waals surface area contributed by atoms with E-state index in [4.69, 9.17) is 23.2 Å². The number of aromatic nitrogens is 3. The van der Waals surface area contributed by atoms with Gasteiger partial charge in [-0.05, 0) is 36.8 Å². The summed E-state index contributed by atoms with van der Waals surface area (Å²) in [6, 6.07) is 5.65. The predicted octanol–water partition coefficient (Wildman–Crippen LogP) is 5.28. The van der Waals surface area contributed by atoms with E-state index < -0.39 is 48.3 Å². The number of carbonyl (C=O) groups is 3. The summed E-state index contributed by atoms with van der Waals surface area (Å²) in [5, 5.41) is 6.50. The summed E-state index contributed by atoms with van der Waals surface area (Å²) >= 11 is 12.2. The first-order chi connectivity index (χ1) is 19.9. The third-order valence-electron chi connectivity index (χ3n) is 5.10. The Bertz CT molecular complexity index is 1540. The zero-order valence-electron chi connectivity index (χ0n) is 21.8. The molecule has 20 heteroatoms. The normalized spacial score (nSPS) is 12.3. The SMILES string of the molecule is COC(=O)N(C)NC(=O)c1cc(Cl)cc(C)c1NC(=O)c1cc(OC(F)(F)C(F)OC(F)(F)F)nn1-c1ncccc1Cl. The van der Waals surface area contributed by atoms with Crippen LogP contribution in [0.5, 0.6) is 5.88 Å². The Balaban J connectivity index is 2.04. The van der Waals surface area contributed by atoms with Gasteiger partial charge in [0.25, 0.3) is 11.8 Å². The minimum absolute atomic E-state index is 0.0476. The molecule has 0 aliphatic rings. The number of hydrazine groups is 1. The van der Waals surface area contributed by atoms with Crippen LogP contribution in [0.4, 0.5) is 36.8 Å². The molecule has 3 rings (SSSR count). The van der Waals surface area contributed by atoms with E-state index in [1.165, 1.54) is 31.3 Å². The highest BCUT2D eigenvalue weighted by atomic mass is 35.5. The van der Waals surface area contributed by atoms with Crippen LogP contribution in [0.3, 0.4) is 0 Å². The average Bonchev–Trinajstić information content (AvgIpc) is 3.31. The zero-order valence-corrected chi connectivity index (χ0v) is 23.3. The van der Waals surface area contributed by atoms with Gasteiger partial charge in [0.05, 0.1) is 23.4 Å². The molecule has 2 N–H and O–H groups in total. The molecular weight excluding hydrogens is 641 g/mol. The minimum atomic E-state index is -5.77. The van der Waals surface area contributed by atoms with Gasteiger partial charge in [-0.25, -0.2) is 28.6 Å². The first-order valence-electron chi connectivity index (χ1n) is 11.3. The Labute approximate surface area is 247 Å². The Hall–Kier alpha value is -4.29. The van der Waals surface area contributed by atoms with Gasteiger partial charge in [-0.2, -0.15) is 8.78 Å². The number of methoxy groups -OCH3 is 1. The largest absolute Gasteiger partial charge is 0.525 e. The van der Waals surface area contributed by atoms with Crippen molar-refractivity contribution in [2.75, 3.05) is 19.5 Å². The van der Waals surface area contributed by atoms with E-state index in [2.05, 4.69) is 35.0 Å². The number of rotatable bonds is 8. The van der Waals surface area contributed by atoms with E-state index in [0.29, 0.717) is 15.8 Å². The highest BCUT2D eigenvalue weighted by molar-refractivity contribution is 6.32. The number of anilines is 1. The number of ether oxygens (including phenoxy) is 3. The van der Waals surface area contributed by atoms with Gasteiger partial charge in [0.2, 0.25) is 5.88 Å². The molecule has 0 saturated heterocycles. The molecule has 0 saturated carbocycles. The second-order valence-corrected chi connectivity index (χ2v) is 9.04. The van der Waals surface area contributed by atoms with Crippen LogP contribution in [0.2, 0.25) is 10.0 Å². The van der Waals surface area contributed by atoms with Gasteiger partial charge >= 0.3 is 24.9 Å². The molecule has 0 spiro atoms. The smallest absolute Gasteiger partial charge is 0.452 e. The van der Waals surface area contributed by atoms with Crippen molar-refractivity contribution < 1.29 is 54.9 Å². The van der Waals surface area contributed by atoms with Crippen molar-refractivity contribution in [3.8, 4) is 11.7 Å². The van der Waals surface area contributed by atoms with Crippen molar-refractivity contribution in [3.05, 3.63) is 63.4 Å². The molecule has 3 amide bonds. The maximum atomic E-state index is 14.1. The van der Waals surface area contributed by atoms with E-state index >= 15 is 0 Å². The maximum absolute atomic E-state index is 14.1. The third kappa shape index (κ3) is 8.17. The van der Waals surface area contributed by atoms with Crippen molar-refractivity contribution in [2.24, 2.45) is 0 Å². The van der Waals surface area contributed by atoms with Crippen molar-refractivity contribution in [2.45, 2.75) is 25.8 Å². The molecule has 2 heterocycles. The highest BCUT2D eigenvalue weighted by Gasteiger charge is 2.51. The number of hydrogen-bond acceptors (Lipinski definition) is 8. The van der Waals surface area contributed by atoms with Gasteiger partial charge < -0.3 is 14.8 Å². The lowest BCUT2D eigenvalue weighted by Crippen LogP contribution is -2.43. The van der Waals surface area contributed by atoms with Gasteiger partial charge in [-0.15, -0.1) is 18.3 Å². The number of amides is 3. The first kappa shape index (κ1) is 33.2. The lowest BCUT2D eigenvalue weighted by Gasteiger charge is -2.20. The lowest BCUT2D eigenvalue weighted by molar-refractivity contribution is -0.411. The molecule has 0 radical (unpaired) electrons.